The number of nitrogens with zero attached hydrogens (tertiary/aromatic N) is 2. The van der Waals surface area contributed by atoms with Crippen LogP contribution in [0, 0.1) is 0 Å². The second-order valence-electron chi connectivity index (χ2n) is 5.48. The highest BCUT2D eigenvalue weighted by Crippen LogP contribution is 2.31. The molecular formula is C17H22ClN3. The van der Waals surface area contributed by atoms with E-state index < -0.39 is 0 Å². The average Bonchev–Trinajstić information content (AvgIpc) is 2.47. The molecule has 0 saturated carbocycles. The molecular weight excluding hydrogens is 282 g/mol. The summed E-state index contributed by atoms with van der Waals surface area (Å²) >= 11 is 6.10. The predicted molar refractivity (Wildman–Crippen MR) is 88.3 cm³/mol. The minimum absolute atomic E-state index is 0.0130. The van der Waals surface area contributed by atoms with E-state index in [1.807, 2.05) is 49.6 Å². The Morgan fingerprint density at radius 3 is 2.33 bits per heavy atom. The summed E-state index contributed by atoms with van der Waals surface area (Å²) in [5.74, 6) is 0. The highest BCUT2D eigenvalue weighted by molar-refractivity contribution is 6.30. The molecule has 2 rings (SSSR count). The van der Waals surface area contributed by atoms with Crippen molar-refractivity contribution < 1.29 is 0 Å². The Balaban J connectivity index is 2.28. The van der Waals surface area contributed by atoms with Gasteiger partial charge in [0.2, 0.25) is 0 Å². The van der Waals surface area contributed by atoms with Gasteiger partial charge in [-0.2, -0.15) is 0 Å². The number of nitrogens with two attached hydrogens (primary N) is 1. The first kappa shape index (κ1) is 16.0. The predicted octanol–water partition coefficient (Wildman–Crippen LogP) is 3.82. The van der Waals surface area contributed by atoms with Crippen molar-refractivity contribution in [2.24, 2.45) is 5.73 Å². The monoisotopic (exact) mass is 303 g/mol. The van der Waals surface area contributed by atoms with Gasteiger partial charge in [-0.1, -0.05) is 23.7 Å². The second-order valence-corrected chi connectivity index (χ2v) is 5.92. The maximum atomic E-state index is 6.23. The van der Waals surface area contributed by atoms with Gasteiger partial charge in [0.1, 0.15) is 0 Å². The van der Waals surface area contributed by atoms with Gasteiger partial charge >= 0.3 is 0 Å². The largest absolute Gasteiger partial charge is 0.326 e. The molecule has 0 radical (unpaired) electrons. The van der Waals surface area contributed by atoms with Crippen LogP contribution in [0.15, 0.2) is 48.8 Å². The van der Waals surface area contributed by atoms with Crippen molar-refractivity contribution in [2.45, 2.75) is 32.0 Å². The topological polar surface area (TPSA) is 42.1 Å². The van der Waals surface area contributed by atoms with Gasteiger partial charge in [0, 0.05) is 29.5 Å². The fraction of sp³-hybridized carbons (Fsp3) is 0.353. The minimum Gasteiger partial charge on any atom is -0.326 e. The number of pyridine rings is 1. The van der Waals surface area contributed by atoms with Gasteiger partial charge in [-0.05, 0) is 56.3 Å². The molecule has 0 spiro atoms. The van der Waals surface area contributed by atoms with Crippen molar-refractivity contribution in [3.63, 3.8) is 0 Å². The number of likely N-dealkylation sites (N-methyl/N-ethyl adjacent to an activating group) is 1. The number of aromatic nitrogens is 1. The summed E-state index contributed by atoms with van der Waals surface area (Å²) in [5.41, 5.74) is 8.59. The SMILES string of the molecule is CC(N)C(c1ccncc1)N(C)C(C)c1cccc(Cl)c1. The third-order valence-electron chi connectivity index (χ3n) is 3.93. The van der Waals surface area contributed by atoms with Crippen molar-refractivity contribution in [3.05, 3.63) is 64.9 Å². The smallest absolute Gasteiger partial charge is 0.0500 e. The number of benzene rings is 1. The van der Waals surface area contributed by atoms with Gasteiger partial charge in [-0.15, -0.1) is 0 Å². The molecule has 3 nitrogen and oxygen atoms in total. The van der Waals surface area contributed by atoms with Crippen LogP contribution in [0.5, 0.6) is 0 Å². The maximum Gasteiger partial charge on any atom is 0.0500 e. The molecule has 2 aromatic rings. The van der Waals surface area contributed by atoms with Gasteiger partial charge in [0.15, 0.2) is 0 Å². The molecule has 1 heterocycles. The molecule has 1 aromatic heterocycles. The molecule has 1 aromatic carbocycles. The maximum absolute atomic E-state index is 6.23. The third kappa shape index (κ3) is 3.82. The first-order valence-corrected chi connectivity index (χ1v) is 7.51. The van der Waals surface area contributed by atoms with Gasteiger partial charge in [0.25, 0.3) is 0 Å². The van der Waals surface area contributed by atoms with Crippen LogP contribution >= 0.6 is 11.6 Å². The summed E-state index contributed by atoms with van der Waals surface area (Å²) in [4.78, 5) is 6.37. The van der Waals surface area contributed by atoms with Crippen LogP contribution in [0.25, 0.3) is 0 Å². The van der Waals surface area contributed by atoms with Gasteiger partial charge in [-0.25, -0.2) is 0 Å². The molecule has 0 bridgehead atoms. The third-order valence-corrected chi connectivity index (χ3v) is 4.16. The van der Waals surface area contributed by atoms with Gasteiger partial charge in [-0.3, -0.25) is 9.88 Å². The molecule has 0 aliphatic heterocycles. The van der Waals surface area contributed by atoms with Crippen LogP contribution < -0.4 is 5.73 Å². The Labute approximate surface area is 131 Å². The van der Waals surface area contributed by atoms with Crippen LogP contribution in [-0.2, 0) is 0 Å². The Hall–Kier alpha value is -1.42. The molecule has 0 fully saturated rings. The highest BCUT2D eigenvalue weighted by Gasteiger charge is 2.25. The number of rotatable bonds is 5. The first-order chi connectivity index (χ1) is 10.0. The Bertz CT molecular complexity index is 571. The van der Waals surface area contributed by atoms with E-state index in [1.165, 1.54) is 11.1 Å². The fourth-order valence-electron chi connectivity index (χ4n) is 2.71. The second kappa shape index (κ2) is 7.03. The molecule has 2 N–H and O–H groups in total. The lowest BCUT2D eigenvalue weighted by Crippen LogP contribution is -2.38. The Morgan fingerprint density at radius 1 is 1.10 bits per heavy atom. The zero-order valence-electron chi connectivity index (χ0n) is 12.7. The van der Waals surface area contributed by atoms with Crippen molar-refractivity contribution in [1.29, 1.82) is 0 Å². The van der Waals surface area contributed by atoms with Crippen molar-refractivity contribution in [1.82, 2.24) is 9.88 Å². The average molecular weight is 304 g/mol. The molecule has 112 valence electrons. The highest BCUT2D eigenvalue weighted by atomic mass is 35.5. The molecule has 21 heavy (non-hydrogen) atoms. The number of hydrogen-bond donors (Lipinski definition) is 1. The minimum atomic E-state index is 0.0130. The molecule has 0 saturated heterocycles. The molecule has 4 heteroatoms. The summed E-state index contributed by atoms with van der Waals surface area (Å²) in [6.07, 6.45) is 3.62. The van der Waals surface area contributed by atoms with Crippen LogP contribution in [0.3, 0.4) is 0 Å². The molecule has 3 unspecified atom stereocenters. The molecule has 3 atom stereocenters. The summed E-state index contributed by atoms with van der Waals surface area (Å²) in [6, 6.07) is 12.4. The summed E-state index contributed by atoms with van der Waals surface area (Å²) < 4.78 is 0. The van der Waals surface area contributed by atoms with Crippen molar-refractivity contribution in [2.75, 3.05) is 7.05 Å². The van der Waals surface area contributed by atoms with E-state index >= 15 is 0 Å². The van der Waals surface area contributed by atoms with Crippen molar-refractivity contribution >= 4 is 11.6 Å². The van der Waals surface area contributed by atoms with E-state index in [9.17, 15) is 0 Å². The molecule has 0 aliphatic carbocycles. The summed E-state index contributed by atoms with van der Waals surface area (Å²) in [6.45, 7) is 4.20. The zero-order valence-corrected chi connectivity index (χ0v) is 13.5. The lowest BCUT2D eigenvalue weighted by atomic mass is 9.97. The quantitative estimate of drug-likeness (QED) is 0.913. The summed E-state index contributed by atoms with van der Waals surface area (Å²) in [5, 5.41) is 0.758. The Morgan fingerprint density at radius 2 is 1.76 bits per heavy atom. The molecule has 0 aliphatic rings. The van der Waals surface area contributed by atoms with Crippen LogP contribution in [0.2, 0.25) is 5.02 Å². The van der Waals surface area contributed by atoms with E-state index in [1.54, 1.807) is 0 Å². The summed E-state index contributed by atoms with van der Waals surface area (Å²) in [7, 11) is 2.10. The van der Waals surface area contributed by atoms with E-state index in [0.29, 0.717) is 0 Å². The van der Waals surface area contributed by atoms with E-state index in [0.717, 1.165) is 5.02 Å². The van der Waals surface area contributed by atoms with Crippen LogP contribution in [-0.4, -0.2) is 23.0 Å². The van der Waals surface area contributed by atoms with E-state index in [4.69, 9.17) is 17.3 Å². The van der Waals surface area contributed by atoms with E-state index in [2.05, 4.69) is 29.9 Å². The van der Waals surface area contributed by atoms with Crippen LogP contribution in [0.1, 0.15) is 37.1 Å². The van der Waals surface area contributed by atoms with Gasteiger partial charge in [0.05, 0.1) is 6.04 Å². The van der Waals surface area contributed by atoms with Crippen molar-refractivity contribution in [3.8, 4) is 0 Å². The Kier molecular flexibility index (Phi) is 5.34. The number of halogens is 1. The number of hydrogen-bond acceptors (Lipinski definition) is 3. The normalized spacial score (nSPS) is 15.7. The zero-order chi connectivity index (χ0) is 15.4. The lowest BCUT2D eigenvalue weighted by Gasteiger charge is -2.36. The fourth-order valence-corrected chi connectivity index (χ4v) is 2.91. The van der Waals surface area contributed by atoms with Crippen LogP contribution in [0.4, 0.5) is 0 Å². The van der Waals surface area contributed by atoms with Gasteiger partial charge < -0.3 is 5.73 Å². The lowest BCUT2D eigenvalue weighted by molar-refractivity contribution is 0.165. The van der Waals surface area contributed by atoms with E-state index in [-0.39, 0.29) is 18.1 Å². The molecule has 0 amide bonds. The standard InChI is InChI=1S/C17H22ClN3/c1-12(19)17(14-7-9-20-10-8-14)21(3)13(2)15-5-4-6-16(18)11-15/h4-13,17H,19H2,1-3H3. The first-order valence-electron chi connectivity index (χ1n) is 7.13.